The minimum Gasteiger partial charge on any atom is -0.294 e. The Hall–Kier alpha value is -0.350. The van der Waals surface area contributed by atoms with Gasteiger partial charge >= 0.3 is 0 Å². The lowest BCUT2D eigenvalue weighted by Gasteiger charge is -2.06. The summed E-state index contributed by atoms with van der Waals surface area (Å²) in [5.74, 6) is -0.577. The van der Waals surface area contributed by atoms with Crippen molar-refractivity contribution in [3.8, 4) is 0 Å². The van der Waals surface area contributed by atoms with Gasteiger partial charge < -0.3 is 0 Å². The molecule has 0 aliphatic rings. The van der Waals surface area contributed by atoms with Crippen molar-refractivity contribution in [3.05, 3.63) is 29.6 Å². The molecule has 1 aromatic rings. The van der Waals surface area contributed by atoms with Gasteiger partial charge in [0.05, 0.1) is 5.56 Å². The van der Waals surface area contributed by atoms with Crippen LogP contribution in [0.3, 0.4) is 0 Å². The number of hydrogen-bond acceptors (Lipinski definition) is 2. The minimum atomic E-state index is -0.428. The number of benzene rings is 1. The molecule has 0 aliphatic heterocycles. The second-order valence-electron chi connectivity index (χ2n) is 2.68. The first-order chi connectivity index (χ1) is 6.70. The maximum atomic E-state index is 13.4. The summed E-state index contributed by atoms with van der Waals surface area (Å²) < 4.78 is 13.4. The van der Waals surface area contributed by atoms with Crippen molar-refractivity contribution in [3.63, 3.8) is 0 Å². The van der Waals surface area contributed by atoms with Gasteiger partial charge in [0.2, 0.25) is 0 Å². The number of hydrogen-bond donors (Lipinski definition) is 0. The fourth-order valence-electron chi connectivity index (χ4n) is 1.16. The normalized spacial score (nSPS) is 10.2. The third-order valence-corrected chi connectivity index (χ3v) is 2.97. The molecule has 1 rings (SSSR count). The standard InChI is InChI=1S/C10H10BrFOS/c1-14-9-4-2-3-7(12)10(9)8(13)5-6-11/h2-4H,5-6H2,1H3. The Labute approximate surface area is 95.2 Å². The molecule has 0 aliphatic carbocycles. The first-order valence-electron chi connectivity index (χ1n) is 4.12. The molecule has 0 aromatic heterocycles. The van der Waals surface area contributed by atoms with E-state index in [9.17, 15) is 9.18 Å². The van der Waals surface area contributed by atoms with Crippen molar-refractivity contribution in [2.45, 2.75) is 11.3 Å². The summed E-state index contributed by atoms with van der Waals surface area (Å²) in [5, 5.41) is 0.563. The van der Waals surface area contributed by atoms with E-state index in [0.717, 1.165) is 0 Å². The molecule has 0 radical (unpaired) electrons. The van der Waals surface area contributed by atoms with E-state index < -0.39 is 5.82 Å². The van der Waals surface area contributed by atoms with Gasteiger partial charge in [-0.1, -0.05) is 22.0 Å². The van der Waals surface area contributed by atoms with Crippen LogP contribution in [0.2, 0.25) is 0 Å². The van der Waals surface area contributed by atoms with Crippen LogP contribution in [0.4, 0.5) is 4.39 Å². The van der Waals surface area contributed by atoms with Crippen LogP contribution >= 0.6 is 27.7 Å². The molecule has 0 unspecified atom stereocenters. The SMILES string of the molecule is CSc1cccc(F)c1C(=O)CCBr. The molecule has 0 amide bonds. The van der Waals surface area contributed by atoms with E-state index >= 15 is 0 Å². The summed E-state index contributed by atoms with van der Waals surface area (Å²) in [6.45, 7) is 0. The van der Waals surface area contributed by atoms with Gasteiger partial charge in [-0.25, -0.2) is 4.39 Å². The highest BCUT2D eigenvalue weighted by molar-refractivity contribution is 9.09. The summed E-state index contributed by atoms with van der Waals surface area (Å²) in [5.41, 5.74) is 0.222. The lowest BCUT2D eigenvalue weighted by atomic mass is 10.1. The fraction of sp³-hybridized carbons (Fsp3) is 0.300. The average Bonchev–Trinajstić information content (AvgIpc) is 2.17. The van der Waals surface area contributed by atoms with Crippen molar-refractivity contribution in [1.29, 1.82) is 0 Å². The third kappa shape index (κ3) is 2.58. The lowest BCUT2D eigenvalue weighted by Crippen LogP contribution is -2.04. The van der Waals surface area contributed by atoms with Crippen molar-refractivity contribution in [2.75, 3.05) is 11.6 Å². The molecule has 0 atom stereocenters. The highest BCUT2D eigenvalue weighted by Gasteiger charge is 2.14. The molecule has 1 nitrogen and oxygen atoms in total. The summed E-state index contributed by atoms with van der Waals surface area (Å²) in [6, 6.07) is 4.70. The average molecular weight is 277 g/mol. The largest absolute Gasteiger partial charge is 0.294 e. The molecule has 76 valence electrons. The van der Waals surface area contributed by atoms with Crippen LogP contribution in [0.5, 0.6) is 0 Å². The summed E-state index contributed by atoms with van der Waals surface area (Å²) in [4.78, 5) is 12.3. The van der Waals surface area contributed by atoms with Gasteiger partial charge in [0.25, 0.3) is 0 Å². The number of carbonyl (C=O) groups is 1. The van der Waals surface area contributed by atoms with Gasteiger partial charge in [-0.15, -0.1) is 11.8 Å². The molecule has 14 heavy (non-hydrogen) atoms. The van der Waals surface area contributed by atoms with E-state index in [4.69, 9.17) is 0 Å². The van der Waals surface area contributed by atoms with Crippen molar-refractivity contribution in [2.24, 2.45) is 0 Å². The van der Waals surface area contributed by atoms with E-state index in [2.05, 4.69) is 15.9 Å². The highest BCUT2D eigenvalue weighted by atomic mass is 79.9. The lowest BCUT2D eigenvalue weighted by molar-refractivity contribution is 0.0983. The van der Waals surface area contributed by atoms with Gasteiger partial charge in [0, 0.05) is 16.6 Å². The van der Waals surface area contributed by atoms with Gasteiger partial charge in [-0.2, -0.15) is 0 Å². The van der Waals surface area contributed by atoms with Crippen LogP contribution < -0.4 is 0 Å². The van der Waals surface area contributed by atoms with Crippen molar-refractivity contribution >= 4 is 33.5 Å². The number of ketones is 1. The number of alkyl halides is 1. The second kappa shape index (κ2) is 5.51. The number of carbonyl (C=O) groups excluding carboxylic acids is 1. The Morgan fingerprint density at radius 3 is 2.86 bits per heavy atom. The second-order valence-corrected chi connectivity index (χ2v) is 4.32. The topological polar surface area (TPSA) is 17.1 Å². The smallest absolute Gasteiger partial charge is 0.167 e. The molecule has 4 heteroatoms. The highest BCUT2D eigenvalue weighted by Crippen LogP contribution is 2.24. The summed E-state index contributed by atoms with van der Waals surface area (Å²) in [7, 11) is 0. The first kappa shape index (κ1) is 11.7. The Morgan fingerprint density at radius 2 is 2.29 bits per heavy atom. The summed E-state index contributed by atoms with van der Waals surface area (Å²) >= 11 is 4.56. The zero-order chi connectivity index (χ0) is 10.6. The Balaban J connectivity index is 3.10. The Kier molecular flexibility index (Phi) is 4.62. The quantitative estimate of drug-likeness (QED) is 0.476. The van der Waals surface area contributed by atoms with Crippen LogP contribution in [0.1, 0.15) is 16.8 Å². The summed E-state index contributed by atoms with van der Waals surface area (Å²) in [6.07, 6.45) is 2.16. The zero-order valence-corrected chi connectivity index (χ0v) is 10.1. The molecular weight excluding hydrogens is 267 g/mol. The van der Waals surface area contributed by atoms with E-state index in [-0.39, 0.29) is 11.3 Å². The van der Waals surface area contributed by atoms with Crippen LogP contribution in [-0.4, -0.2) is 17.4 Å². The monoisotopic (exact) mass is 276 g/mol. The number of halogens is 2. The van der Waals surface area contributed by atoms with Crippen LogP contribution in [0, 0.1) is 5.82 Å². The molecule has 0 saturated heterocycles. The molecule has 0 spiro atoms. The van der Waals surface area contributed by atoms with Crippen LogP contribution in [0.25, 0.3) is 0 Å². The van der Waals surface area contributed by atoms with Gasteiger partial charge in [0.15, 0.2) is 5.78 Å². The van der Waals surface area contributed by atoms with Gasteiger partial charge in [0.1, 0.15) is 5.82 Å². The molecule has 0 bridgehead atoms. The first-order valence-corrected chi connectivity index (χ1v) is 6.47. The Morgan fingerprint density at radius 1 is 1.57 bits per heavy atom. The van der Waals surface area contributed by atoms with Crippen LogP contribution in [-0.2, 0) is 0 Å². The fourth-order valence-corrected chi connectivity index (χ4v) is 2.15. The van der Waals surface area contributed by atoms with E-state index in [1.165, 1.54) is 17.8 Å². The van der Waals surface area contributed by atoms with E-state index in [0.29, 0.717) is 16.6 Å². The van der Waals surface area contributed by atoms with Gasteiger partial charge in [-0.05, 0) is 18.4 Å². The van der Waals surface area contributed by atoms with E-state index in [1.54, 1.807) is 12.1 Å². The number of Topliss-reactive ketones (excluding diaryl/α,β-unsaturated/α-hetero) is 1. The molecule has 0 fully saturated rings. The Bertz CT molecular complexity index is 341. The van der Waals surface area contributed by atoms with E-state index in [1.807, 2.05) is 6.26 Å². The van der Waals surface area contributed by atoms with Crippen molar-refractivity contribution in [1.82, 2.24) is 0 Å². The van der Waals surface area contributed by atoms with Gasteiger partial charge in [-0.3, -0.25) is 4.79 Å². The maximum absolute atomic E-state index is 13.4. The third-order valence-electron chi connectivity index (χ3n) is 1.80. The number of rotatable bonds is 4. The molecular formula is C10H10BrFOS. The maximum Gasteiger partial charge on any atom is 0.167 e. The predicted molar refractivity (Wildman–Crippen MR) is 60.9 cm³/mol. The molecule has 0 N–H and O–H groups in total. The minimum absolute atomic E-state index is 0.149. The zero-order valence-electron chi connectivity index (χ0n) is 7.72. The molecule has 1 aromatic carbocycles. The molecule has 0 saturated carbocycles. The van der Waals surface area contributed by atoms with Crippen LogP contribution in [0.15, 0.2) is 23.1 Å². The predicted octanol–water partition coefficient (Wildman–Crippen LogP) is 3.52. The molecule has 0 heterocycles. The van der Waals surface area contributed by atoms with Crippen molar-refractivity contribution < 1.29 is 9.18 Å². The number of thioether (sulfide) groups is 1.